The van der Waals surface area contributed by atoms with Crippen molar-refractivity contribution in [1.82, 2.24) is 5.32 Å². The summed E-state index contributed by atoms with van der Waals surface area (Å²) >= 11 is 1.58. The number of rotatable bonds is 12. The third-order valence-corrected chi connectivity index (χ3v) is 4.66. The molecule has 0 fully saturated rings. The third-order valence-electron chi connectivity index (χ3n) is 4.02. The van der Waals surface area contributed by atoms with Crippen LogP contribution in [0.2, 0.25) is 0 Å². The Morgan fingerprint density at radius 2 is 1.71 bits per heavy atom. The Morgan fingerprint density at radius 1 is 1.07 bits per heavy atom. The highest BCUT2D eigenvalue weighted by molar-refractivity contribution is 7.98. The van der Waals surface area contributed by atoms with Crippen molar-refractivity contribution in [2.24, 2.45) is 0 Å². The summed E-state index contributed by atoms with van der Waals surface area (Å²) in [6.07, 6.45) is 4.58. The summed E-state index contributed by atoms with van der Waals surface area (Å²) in [6.45, 7) is 1.54. The van der Waals surface area contributed by atoms with Gasteiger partial charge in [-0.25, -0.2) is 4.79 Å². The number of hydrogen-bond acceptors (Lipinski definition) is 6. The monoisotopic (exact) mass is 408 g/mol. The van der Waals surface area contributed by atoms with Crippen molar-refractivity contribution in [2.75, 3.05) is 24.4 Å². The Kier molecular flexibility index (Phi) is 10.9. The van der Waals surface area contributed by atoms with Gasteiger partial charge < -0.3 is 20.2 Å². The molecule has 0 aliphatic heterocycles. The Balaban J connectivity index is 2.55. The topological polar surface area (TPSA) is 102 Å². The molecule has 2 N–H and O–H groups in total. The van der Waals surface area contributed by atoms with Crippen molar-refractivity contribution in [1.29, 1.82) is 0 Å². The zero-order valence-electron chi connectivity index (χ0n) is 16.6. The third kappa shape index (κ3) is 9.03. The molecule has 0 saturated heterocycles. The highest BCUT2D eigenvalue weighted by atomic mass is 32.2. The molecule has 0 unspecified atom stereocenters. The molecule has 7 nitrogen and oxygen atoms in total. The van der Waals surface area contributed by atoms with E-state index in [1.165, 1.54) is 14.0 Å². The number of carbonyl (C=O) groups is 4. The smallest absolute Gasteiger partial charge is 0.328 e. The molecule has 0 aromatic heterocycles. The Morgan fingerprint density at radius 3 is 2.29 bits per heavy atom. The standard InChI is InChI=1S/C20H28N2O5S/c1-14(23)6-4-5-7-18(24)21-16-10-8-15(9-11-16)19(25)22-17(12-13-28-3)20(26)27-2/h8-11,17H,4-7,12-13H2,1-3H3,(H,21,24)(H,22,25)/t17-/m1/s1. The quantitative estimate of drug-likeness (QED) is 0.407. The summed E-state index contributed by atoms with van der Waals surface area (Å²) in [5.74, 6) is -0.146. The highest BCUT2D eigenvalue weighted by Crippen LogP contribution is 2.12. The number of unbranched alkanes of at least 4 members (excludes halogenated alkanes) is 1. The maximum absolute atomic E-state index is 12.4. The van der Waals surface area contributed by atoms with E-state index in [0.29, 0.717) is 43.4 Å². The molecule has 0 heterocycles. The molecule has 8 heteroatoms. The van der Waals surface area contributed by atoms with Crippen molar-refractivity contribution in [3.05, 3.63) is 29.8 Å². The molecule has 0 spiro atoms. The Labute approximate surface area is 170 Å². The fourth-order valence-electron chi connectivity index (χ4n) is 2.46. The van der Waals surface area contributed by atoms with Crippen LogP contribution in [0.3, 0.4) is 0 Å². The van der Waals surface area contributed by atoms with E-state index in [9.17, 15) is 19.2 Å². The summed E-state index contributed by atoms with van der Waals surface area (Å²) in [6, 6.07) is 5.75. The summed E-state index contributed by atoms with van der Waals surface area (Å²) in [7, 11) is 1.29. The minimum atomic E-state index is -0.695. The van der Waals surface area contributed by atoms with E-state index in [-0.39, 0.29) is 17.6 Å². The molecule has 154 valence electrons. The predicted molar refractivity (Wildman–Crippen MR) is 110 cm³/mol. The molecule has 1 rings (SSSR count). The van der Waals surface area contributed by atoms with Gasteiger partial charge in [0.1, 0.15) is 11.8 Å². The van der Waals surface area contributed by atoms with Gasteiger partial charge in [0.15, 0.2) is 0 Å². The van der Waals surface area contributed by atoms with E-state index in [1.807, 2.05) is 6.26 Å². The largest absolute Gasteiger partial charge is 0.467 e. The number of methoxy groups -OCH3 is 1. The first-order valence-electron chi connectivity index (χ1n) is 9.14. The molecule has 1 atom stereocenters. The molecule has 0 aliphatic rings. The summed E-state index contributed by atoms with van der Waals surface area (Å²) in [5.41, 5.74) is 0.970. The normalized spacial score (nSPS) is 11.4. The number of ether oxygens (including phenoxy) is 1. The van der Waals surface area contributed by atoms with Crippen LogP contribution in [0.1, 0.15) is 49.4 Å². The minimum Gasteiger partial charge on any atom is -0.467 e. The summed E-state index contributed by atoms with van der Waals surface area (Å²) in [5, 5.41) is 5.44. The molecule has 0 radical (unpaired) electrons. The van der Waals surface area contributed by atoms with Gasteiger partial charge in [-0.2, -0.15) is 11.8 Å². The highest BCUT2D eigenvalue weighted by Gasteiger charge is 2.21. The Hall–Kier alpha value is -2.35. The second-order valence-corrected chi connectivity index (χ2v) is 7.35. The van der Waals surface area contributed by atoms with Crippen molar-refractivity contribution in [3.8, 4) is 0 Å². The van der Waals surface area contributed by atoms with Crippen LogP contribution in [0.25, 0.3) is 0 Å². The lowest BCUT2D eigenvalue weighted by Gasteiger charge is -2.16. The van der Waals surface area contributed by atoms with E-state index in [1.54, 1.807) is 36.0 Å². The maximum atomic E-state index is 12.4. The zero-order chi connectivity index (χ0) is 20.9. The van der Waals surface area contributed by atoms with E-state index < -0.39 is 12.0 Å². The van der Waals surface area contributed by atoms with Crippen LogP contribution in [0.4, 0.5) is 5.69 Å². The minimum absolute atomic E-state index is 0.122. The zero-order valence-corrected chi connectivity index (χ0v) is 17.4. The van der Waals surface area contributed by atoms with Crippen LogP contribution in [-0.4, -0.2) is 48.7 Å². The molecule has 0 aliphatic carbocycles. The number of benzene rings is 1. The van der Waals surface area contributed by atoms with Crippen LogP contribution in [0.15, 0.2) is 24.3 Å². The average Bonchev–Trinajstić information content (AvgIpc) is 2.68. The lowest BCUT2D eigenvalue weighted by molar-refractivity contribution is -0.142. The predicted octanol–water partition coefficient (Wildman–Crippen LogP) is 2.80. The molecular formula is C20H28N2O5S. The first-order valence-corrected chi connectivity index (χ1v) is 10.5. The fourth-order valence-corrected chi connectivity index (χ4v) is 2.93. The number of nitrogens with one attached hydrogen (secondary N) is 2. The lowest BCUT2D eigenvalue weighted by atomic mass is 10.1. The number of carbonyl (C=O) groups excluding carboxylic acids is 4. The van der Waals surface area contributed by atoms with Gasteiger partial charge >= 0.3 is 5.97 Å². The maximum Gasteiger partial charge on any atom is 0.328 e. The van der Waals surface area contributed by atoms with Gasteiger partial charge in [0.25, 0.3) is 5.91 Å². The number of Topliss-reactive ketones (excluding diaryl/α,β-unsaturated/α-hetero) is 1. The van der Waals surface area contributed by atoms with Crippen LogP contribution in [0.5, 0.6) is 0 Å². The average molecular weight is 409 g/mol. The first kappa shape index (κ1) is 23.7. The van der Waals surface area contributed by atoms with E-state index in [2.05, 4.69) is 10.6 Å². The number of hydrogen-bond donors (Lipinski definition) is 2. The molecular weight excluding hydrogens is 380 g/mol. The number of thioether (sulfide) groups is 1. The van der Waals surface area contributed by atoms with Gasteiger partial charge in [-0.05, 0) is 62.5 Å². The van der Waals surface area contributed by atoms with Gasteiger partial charge in [-0.1, -0.05) is 0 Å². The molecule has 28 heavy (non-hydrogen) atoms. The van der Waals surface area contributed by atoms with Crippen molar-refractivity contribution in [2.45, 2.75) is 45.1 Å². The van der Waals surface area contributed by atoms with Crippen LogP contribution >= 0.6 is 11.8 Å². The van der Waals surface area contributed by atoms with Crippen LogP contribution in [0, 0.1) is 0 Å². The number of esters is 1. The molecule has 1 aromatic rings. The SMILES string of the molecule is COC(=O)[C@@H](CCSC)NC(=O)c1ccc(NC(=O)CCCCC(C)=O)cc1. The van der Waals surface area contributed by atoms with E-state index in [4.69, 9.17) is 4.74 Å². The lowest BCUT2D eigenvalue weighted by Crippen LogP contribution is -2.41. The summed E-state index contributed by atoms with van der Waals surface area (Å²) in [4.78, 5) is 46.9. The fraction of sp³-hybridized carbons (Fsp3) is 0.500. The van der Waals surface area contributed by atoms with Crippen molar-refractivity contribution >= 4 is 41.0 Å². The molecule has 0 bridgehead atoms. The van der Waals surface area contributed by atoms with Crippen LogP contribution in [-0.2, 0) is 19.1 Å². The van der Waals surface area contributed by atoms with Gasteiger partial charge in [0.05, 0.1) is 7.11 Å². The van der Waals surface area contributed by atoms with Crippen molar-refractivity contribution in [3.63, 3.8) is 0 Å². The number of anilines is 1. The second-order valence-electron chi connectivity index (χ2n) is 6.37. The Bertz CT molecular complexity index is 676. The molecule has 0 saturated carbocycles. The molecule has 2 amide bonds. The van der Waals surface area contributed by atoms with Crippen molar-refractivity contribution < 1.29 is 23.9 Å². The van der Waals surface area contributed by atoms with Gasteiger partial charge in [0.2, 0.25) is 5.91 Å². The number of ketones is 1. The van der Waals surface area contributed by atoms with E-state index in [0.717, 1.165) is 5.75 Å². The van der Waals surface area contributed by atoms with Gasteiger partial charge in [-0.3, -0.25) is 9.59 Å². The second kappa shape index (κ2) is 12.9. The molecule has 1 aromatic carbocycles. The number of amides is 2. The van der Waals surface area contributed by atoms with Gasteiger partial charge in [-0.15, -0.1) is 0 Å². The van der Waals surface area contributed by atoms with Gasteiger partial charge in [0, 0.05) is 24.1 Å². The van der Waals surface area contributed by atoms with Crippen LogP contribution < -0.4 is 10.6 Å². The van der Waals surface area contributed by atoms with E-state index >= 15 is 0 Å². The first-order chi connectivity index (χ1) is 13.4. The summed E-state index contributed by atoms with van der Waals surface area (Å²) < 4.78 is 4.73.